The summed E-state index contributed by atoms with van der Waals surface area (Å²) in [4.78, 5) is 19.5. The van der Waals surface area contributed by atoms with Gasteiger partial charge >= 0.3 is 0 Å². The maximum atomic E-state index is 6.97. The molecule has 0 unspecified atom stereocenters. The fourth-order valence-corrected chi connectivity index (χ4v) is 9.03. The summed E-state index contributed by atoms with van der Waals surface area (Å²) in [6.07, 6.45) is 29.5. The highest BCUT2D eigenvalue weighted by molar-refractivity contribution is 5.67. The van der Waals surface area contributed by atoms with Crippen LogP contribution in [0.3, 0.4) is 0 Å². The van der Waals surface area contributed by atoms with E-state index in [0.29, 0.717) is 11.6 Å². The Hall–Kier alpha value is -5.24. The van der Waals surface area contributed by atoms with Crippen LogP contribution in [0.25, 0.3) is 45.0 Å². The molecular weight excluding hydrogens is 801 g/mol. The molecule has 2 saturated heterocycles. The van der Waals surface area contributed by atoms with Crippen molar-refractivity contribution < 1.29 is 14.2 Å². The van der Waals surface area contributed by atoms with Gasteiger partial charge in [0.15, 0.2) is 11.6 Å². The molecule has 2 aliphatic rings. The lowest BCUT2D eigenvalue weighted by Gasteiger charge is -2.16. The third-order valence-corrected chi connectivity index (χ3v) is 13.3. The van der Waals surface area contributed by atoms with Gasteiger partial charge in [-0.3, -0.25) is 0 Å². The minimum Gasteiger partial charge on any atom is -0.457 e. The number of rotatable bonds is 26. The predicted molar refractivity (Wildman–Crippen MR) is 265 cm³/mol. The van der Waals surface area contributed by atoms with Crippen LogP contribution < -0.4 is 4.74 Å². The van der Waals surface area contributed by atoms with Crippen LogP contribution in [0.2, 0.25) is 0 Å². The SMILES string of the molecule is CCCCCCc1ccc(-c2cnc(-c3ccc(Oc4ccc(-c5ncc(-c6ccc(CCCCCC)cc6)cn5)cc4C[C@@H]4O[C@H]4CCCC)c(C[C@@H]4O[C@H]4CCCC)c3)nc2)cc1. The third-order valence-electron chi connectivity index (χ3n) is 13.3. The molecule has 7 heteroatoms. The van der Waals surface area contributed by atoms with E-state index in [-0.39, 0.29) is 24.4 Å². The minimum atomic E-state index is 0.173. The van der Waals surface area contributed by atoms with Gasteiger partial charge in [-0.05, 0) is 108 Å². The van der Waals surface area contributed by atoms with Gasteiger partial charge in [-0.25, -0.2) is 19.9 Å². The first-order chi connectivity index (χ1) is 32.0. The Morgan fingerprint density at radius 3 is 1.17 bits per heavy atom. The summed E-state index contributed by atoms with van der Waals surface area (Å²) >= 11 is 0. The number of unbranched alkanes of at least 4 members (excludes halogenated alkanes) is 8. The zero-order valence-corrected chi connectivity index (χ0v) is 39.4. The largest absolute Gasteiger partial charge is 0.457 e. The van der Waals surface area contributed by atoms with Gasteiger partial charge in [-0.2, -0.15) is 0 Å². The third kappa shape index (κ3) is 13.0. The van der Waals surface area contributed by atoms with E-state index in [0.717, 1.165) is 107 Å². The Balaban J connectivity index is 1.01. The van der Waals surface area contributed by atoms with Crippen LogP contribution >= 0.6 is 0 Å². The molecule has 0 aliphatic carbocycles. The van der Waals surface area contributed by atoms with Crippen LogP contribution in [0.4, 0.5) is 0 Å². The summed E-state index contributed by atoms with van der Waals surface area (Å²) in [5, 5.41) is 0. The molecule has 0 amide bonds. The smallest absolute Gasteiger partial charge is 0.159 e. The van der Waals surface area contributed by atoms with Crippen molar-refractivity contribution in [1.82, 2.24) is 19.9 Å². The number of hydrogen-bond donors (Lipinski definition) is 0. The van der Waals surface area contributed by atoms with Crippen LogP contribution in [0.5, 0.6) is 11.5 Å². The number of ether oxygens (including phenoxy) is 3. The van der Waals surface area contributed by atoms with E-state index in [2.05, 4.69) is 113 Å². The fraction of sp³-hybridized carbons (Fsp3) is 0.448. The molecule has 4 atom stereocenters. The van der Waals surface area contributed by atoms with Crippen LogP contribution in [-0.4, -0.2) is 44.4 Å². The van der Waals surface area contributed by atoms with Gasteiger partial charge in [-0.15, -0.1) is 0 Å². The van der Waals surface area contributed by atoms with E-state index in [4.69, 9.17) is 34.1 Å². The molecule has 0 bridgehead atoms. The summed E-state index contributed by atoms with van der Waals surface area (Å²) in [6, 6.07) is 30.5. The summed E-state index contributed by atoms with van der Waals surface area (Å²) < 4.78 is 19.4. The average molecular weight is 871 g/mol. The minimum absolute atomic E-state index is 0.173. The molecule has 4 heterocycles. The summed E-state index contributed by atoms with van der Waals surface area (Å²) in [7, 11) is 0. The zero-order valence-electron chi connectivity index (χ0n) is 39.4. The average Bonchev–Trinajstić information content (AvgIpc) is 4.29. The highest BCUT2D eigenvalue weighted by Crippen LogP contribution is 2.40. The standard InChI is InChI=1S/C58H70N4O3/c1-5-9-13-15-17-41-21-25-43(26-22-41)49-37-59-57(60-38-49)45-29-31-51(47(33-45)35-55-53(64-55)19-11-7-3)63-52-32-30-46(34-48(52)36-56-54(65-56)20-12-8-4)58-61-39-50(40-62-58)44-27-23-42(24-28-44)18-16-14-10-6-2/h21-34,37-40,53-56H,5-20,35-36H2,1-4H3/t53-,54-,55-,56-/m0/s1. The molecule has 4 aromatic carbocycles. The highest BCUT2D eigenvalue weighted by Gasteiger charge is 2.39. The zero-order chi connectivity index (χ0) is 44.8. The summed E-state index contributed by atoms with van der Waals surface area (Å²) in [5.41, 5.74) is 11.2. The molecular formula is C58H70N4O3. The van der Waals surface area contributed by atoms with Crippen molar-refractivity contribution in [3.8, 4) is 56.5 Å². The number of aryl methyl sites for hydroxylation is 2. The molecule has 8 rings (SSSR count). The van der Waals surface area contributed by atoms with Gasteiger partial charge in [0.05, 0.1) is 24.4 Å². The van der Waals surface area contributed by atoms with Crippen molar-refractivity contribution in [3.63, 3.8) is 0 Å². The van der Waals surface area contributed by atoms with Crippen LogP contribution in [0.1, 0.15) is 140 Å². The molecule has 2 aromatic heterocycles. The number of epoxide rings is 2. The molecule has 0 N–H and O–H groups in total. The van der Waals surface area contributed by atoms with Crippen LogP contribution in [0.15, 0.2) is 110 Å². The van der Waals surface area contributed by atoms with Crippen molar-refractivity contribution >= 4 is 0 Å². The Kier molecular flexibility index (Phi) is 16.6. The van der Waals surface area contributed by atoms with Gasteiger partial charge in [0.1, 0.15) is 11.5 Å². The molecule has 7 nitrogen and oxygen atoms in total. The quantitative estimate of drug-likeness (QED) is 0.0396. The van der Waals surface area contributed by atoms with E-state index in [9.17, 15) is 0 Å². The molecule has 2 fully saturated rings. The Morgan fingerprint density at radius 2 is 0.785 bits per heavy atom. The van der Waals surface area contributed by atoms with Gasteiger partial charge < -0.3 is 14.2 Å². The van der Waals surface area contributed by atoms with Crippen molar-refractivity contribution in [1.29, 1.82) is 0 Å². The maximum Gasteiger partial charge on any atom is 0.159 e. The second kappa shape index (κ2) is 23.3. The lowest BCUT2D eigenvalue weighted by molar-refractivity contribution is 0.356. The van der Waals surface area contributed by atoms with Crippen molar-refractivity contribution in [2.24, 2.45) is 0 Å². The Labute approximate surface area is 388 Å². The number of hydrogen-bond acceptors (Lipinski definition) is 7. The molecule has 0 spiro atoms. The molecule has 6 aromatic rings. The first kappa shape index (κ1) is 46.3. The second-order valence-electron chi connectivity index (χ2n) is 18.5. The topological polar surface area (TPSA) is 85.9 Å². The molecule has 0 radical (unpaired) electrons. The Morgan fingerprint density at radius 1 is 0.400 bits per heavy atom. The lowest BCUT2D eigenvalue weighted by atomic mass is 10.0. The molecule has 0 saturated carbocycles. The van der Waals surface area contributed by atoms with Gasteiger partial charge in [0.2, 0.25) is 0 Å². The monoisotopic (exact) mass is 871 g/mol. The predicted octanol–water partition coefficient (Wildman–Crippen LogP) is 15.0. The number of benzene rings is 4. The summed E-state index contributed by atoms with van der Waals surface area (Å²) in [6.45, 7) is 8.99. The van der Waals surface area contributed by atoms with E-state index >= 15 is 0 Å². The van der Waals surface area contributed by atoms with Gasteiger partial charge in [-0.1, -0.05) is 140 Å². The van der Waals surface area contributed by atoms with Crippen molar-refractivity contribution in [2.45, 2.75) is 168 Å². The second-order valence-corrected chi connectivity index (χ2v) is 18.5. The van der Waals surface area contributed by atoms with Crippen LogP contribution in [0, 0.1) is 0 Å². The van der Waals surface area contributed by atoms with Crippen LogP contribution in [-0.2, 0) is 35.2 Å². The molecule has 2 aliphatic heterocycles. The fourth-order valence-electron chi connectivity index (χ4n) is 9.03. The van der Waals surface area contributed by atoms with E-state index in [1.807, 2.05) is 24.8 Å². The lowest BCUT2D eigenvalue weighted by Crippen LogP contribution is -2.04. The van der Waals surface area contributed by atoms with Crippen molar-refractivity contribution in [2.75, 3.05) is 0 Å². The number of aromatic nitrogens is 4. The van der Waals surface area contributed by atoms with E-state index in [1.54, 1.807) is 0 Å². The normalized spacial score (nSPS) is 17.6. The first-order valence-corrected chi connectivity index (χ1v) is 25.1. The molecule has 340 valence electrons. The van der Waals surface area contributed by atoms with Gasteiger partial charge in [0, 0.05) is 59.9 Å². The summed E-state index contributed by atoms with van der Waals surface area (Å²) in [5.74, 6) is 3.04. The first-order valence-electron chi connectivity index (χ1n) is 25.1. The number of nitrogens with zero attached hydrogens (tertiary/aromatic N) is 4. The molecule has 65 heavy (non-hydrogen) atoms. The highest BCUT2D eigenvalue weighted by atomic mass is 16.6. The Bertz CT molecular complexity index is 2210. The van der Waals surface area contributed by atoms with Gasteiger partial charge in [0.25, 0.3) is 0 Å². The van der Waals surface area contributed by atoms with Crippen molar-refractivity contribution in [3.05, 3.63) is 132 Å². The van der Waals surface area contributed by atoms with E-state index in [1.165, 1.54) is 75.3 Å². The maximum absolute atomic E-state index is 6.97. The van der Waals surface area contributed by atoms with E-state index < -0.39 is 0 Å².